The smallest absolute Gasteiger partial charge is 0.235 e. The molecule has 0 aromatic carbocycles. The van der Waals surface area contributed by atoms with Gasteiger partial charge in [-0.05, 0) is 43.5 Å². The summed E-state index contributed by atoms with van der Waals surface area (Å²) in [5, 5.41) is 2.29. The van der Waals surface area contributed by atoms with Crippen LogP contribution >= 0.6 is 0 Å². The van der Waals surface area contributed by atoms with Gasteiger partial charge in [0, 0.05) is 24.9 Å². The van der Waals surface area contributed by atoms with Gasteiger partial charge in [-0.15, -0.1) is 0 Å². The quantitative estimate of drug-likeness (QED) is 0.816. The number of aromatic nitrogens is 2. The molecular weight excluding hydrogens is 364 g/mol. The summed E-state index contributed by atoms with van der Waals surface area (Å²) < 4.78 is 28.2. The van der Waals surface area contributed by atoms with E-state index in [9.17, 15) is 13.2 Å². The Kier molecular flexibility index (Phi) is 5.74. The number of nitrogens with zero attached hydrogens (tertiary/aromatic N) is 2. The Morgan fingerprint density at radius 2 is 1.85 bits per heavy atom. The molecule has 1 amide bonds. The highest BCUT2D eigenvalue weighted by Crippen LogP contribution is 2.29. The Bertz CT molecular complexity index is 938. The summed E-state index contributed by atoms with van der Waals surface area (Å²) >= 11 is 0. The molecule has 0 radical (unpaired) electrons. The topological polar surface area (TPSA) is 101 Å². The minimum Gasteiger partial charge on any atom is -0.311 e. The van der Waals surface area contributed by atoms with Gasteiger partial charge in [0.15, 0.2) is 0 Å². The zero-order valence-electron chi connectivity index (χ0n) is 15.5. The van der Waals surface area contributed by atoms with Crippen LogP contribution in [0.25, 0.3) is 11.1 Å². The lowest BCUT2D eigenvalue weighted by atomic mass is 10.0. The van der Waals surface area contributed by atoms with Gasteiger partial charge in [0.05, 0.1) is 16.6 Å². The molecule has 2 aromatic heterocycles. The summed E-state index contributed by atoms with van der Waals surface area (Å²) in [5.41, 5.74) is 2.64. The third-order valence-corrected chi connectivity index (χ3v) is 6.58. The summed E-state index contributed by atoms with van der Waals surface area (Å²) in [5.74, 6) is 0.229. The van der Waals surface area contributed by atoms with Crippen LogP contribution in [0, 0.1) is 6.92 Å². The molecule has 0 saturated heterocycles. The van der Waals surface area contributed by atoms with Gasteiger partial charge in [-0.25, -0.2) is 13.4 Å². The fourth-order valence-corrected chi connectivity index (χ4v) is 4.90. The van der Waals surface area contributed by atoms with Crippen molar-refractivity contribution in [3.63, 3.8) is 0 Å². The summed E-state index contributed by atoms with van der Waals surface area (Å²) in [7, 11) is -3.44. The molecule has 0 atom stereocenters. The molecule has 0 bridgehead atoms. The highest BCUT2D eigenvalue weighted by molar-refractivity contribution is 7.93. The van der Waals surface area contributed by atoms with Gasteiger partial charge >= 0.3 is 0 Å². The first kappa shape index (κ1) is 19.3. The second-order valence-corrected chi connectivity index (χ2v) is 8.84. The second kappa shape index (κ2) is 8.04. The highest BCUT2D eigenvalue weighted by Gasteiger charge is 2.27. The van der Waals surface area contributed by atoms with Crippen LogP contribution in [0.15, 0.2) is 30.6 Å². The number of pyridine rings is 2. The first-order valence-corrected chi connectivity index (χ1v) is 10.6. The first-order chi connectivity index (χ1) is 12.8. The van der Waals surface area contributed by atoms with Crippen LogP contribution in [-0.2, 0) is 14.8 Å². The van der Waals surface area contributed by atoms with Crippen molar-refractivity contribution in [3.05, 3.63) is 36.3 Å². The predicted molar refractivity (Wildman–Crippen MR) is 106 cm³/mol. The second-order valence-electron chi connectivity index (χ2n) is 6.87. The number of aryl methyl sites for hydroxylation is 1. The predicted octanol–water partition coefficient (Wildman–Crippen LogP) is 3.48. The Balaban J connectivity index is 1.87. The van der Waals surface area contributed by atoms with Gasteiger partial charge in [0.1, 0.15) is 5.82 Å². The molecule has 1 saturated carbocycles. The number of sulfonamides is 1. The molecule has 144 valence electrons. The van der Waals surface area contributed by atoms with Crippen LogP contribution in [0.5, 0.6) is 0 Å². The van der Waals surface area contributed by atoms with E-state index in [0.717, 1.165) is 30.4 Å². The number of nitrogens with one attached hydrogen (secondary N) is 2. The lowest BCUT2D eigenvalue weighted by molar-refractivity contribution is -0.114. The van der Waals surface area contributed by atoms with E-state index in [2.05, 4.69) is 20.0 Å². The van der Waals surface area contributed by atoms with Crippen molar-refractivity contribution in [3.8, 4) is 11.1 Å². The molecule has 1 aliphatic carbocycles. The molecule has 2 aromatic rings. The van der Waals surface area contributed by atoms with Gasteiger partial charge in [0.2, 0.25) is 15.9 Å². The van der Waals surface area contributed by atoms with E-state index in [1.807, 2.05) is 0 Å². The zero-order valence-corrected chi connectivity index (χ0v) is 16.3. The molecule has 0 unspecified atom stereocenters. The van der Waals surface area contributed by atoms with Crippen molar-refractivity contribution in [2.45, 2.75) is 51.2 Å². The Morgan fingerprint density at radius 3 is 2.56 bits per heavy atom. The first-order valence-electron chi connectivity index (χ1n) is 9.07. The third-order valence-electron chi connectivity index (χ3n) is 4.73. The zero-order chi connectivity index (χ0) is 19.4. The van der Waals surface area contributed by atoms with Gasteiger partial charge < -0.3 is 5.32 Å². The van der Waals surface area contributed by atoms with Gasteiger partial charge in [0.25, 0.3) is 0 Å². The molecule has 1 fully saturated rings. The normalized spacial score (nSPS) is 15.3. The number of hydrogen-bond acceptors (Lipinski definition) is 5. The van der Waals surface area contributed by atoms with E-state index in [4.69, 9.17) is 0 Å². The number of hydrogen-bond donors (Lipinski definition) is 2. The maximum absolute atomic E-state index is 12.7. The molecule has 0 spiro atoms. The Hall–Kier alpha value is -2.48. The van der Waals surface area contributed by atoms with E-state index in [1.54, 1.807) is 37.5 Å². The van der Waals surface area contributed by atoms with Crippen LogP contribution in [0.1, 0.15) is 44.7 Å². The maximum Gasteiger partial charge on any atom is 0.235 e. The largest absolute Gasteiger partial charge is 0.311 e. The maximum atomic E-state index is 12.7. The van der Waals surface area contributed by atoms with E-state index in [-0.39, 0.29) is 11.2 Å². The lowest BCUT2D eigenvalue weighted by Crippen LogP contribution is -2.30. The lowest BCUT2D eigenvalue weighted by Gasteiger charge is -2.23. The van der Waals surface area contributed by atoms with Crippen LogP contribution < -0.4 is 10.0 Å². The standard InChI is InChI=1S/C19H24N4O3S/c1-13-18(23-27(25,26)17-6-4-3-5-7-17)10-16(12-21-13)15-8-9-20-19(11-15)22-14(2)24/h8-12,17,23H,3-7H2,1-2H3,(H,20,22,24). The van der Waals surface area contributed by atoms with Gasteiger partial charge in [-0.3, -0.25) is 14.5 Å². The van der Waals surface area contributed by atoms with Crippen molar-refractivity contribution in [1.82, 2.24) is 9.97 Å². The Morgan fingerprint density at radius 1 is 1.11 bits per heavy atom. The van der Waals surface area contributed by atoms with E-state index in [1.165, 1.54) is 6.92 Å². The highest BCUT2D eigenvalue weighted by atomic mass is 32.2. The molecule has 27 heavy (non-hydrogen) atoms. The fourth-order valence-electron chi connectivity index (χ4n) is 3.27. The van der Waals surface area contributed by atoms with Crippen LogP contribution in [0.2, 0.25) is 0 Å². The monoisotopic (exact) mass is 388 g/mol. The molecule has 3 rings (SSSR count). The summed E-state index contributed by atoms with van der Waals surface area (Å²) in [6.07, 6.45) is 7.67. The van der Waals surface area contributed by atoms with Crippen LogP contribution in [0.4, 0.5) is 11.5 Å². The number of rotatable bonds is 5. The summed E-state index contributed by atoms with van der Waals surface area (Å²) in [6.45, 7) is 3.19. The molecule has 2 heterocycles. The van der Waals surface area contributed by atoms with Gasteiger partial charge in [-0.1, -0.05) is 19.3 Å². The van der Waals surface area contributed by atoms with Crippen molar-refractivity contribution < 1.29 is 13.2 Å². The summed E-state index contributed by atoms with van der Waals surface area (Å²) in [4.78, 5) is 19.7. The van der Waals surface area contributed by atoms with E-state index < -0.39 is 10.0 Å². The SMILES string of the molecule is CC(=O)Nc1cc(-c2cnc(C)c(NS(=O)(=O)C3CCCCC3)c2)ccn1. The van der Waals surface area contributed by atoms with Crippen molar-refractivity contribution in [2.24, 2.45) is 0 Å². The average Bonchev–Trinajstić information content (AvgIpc) is 2.64. The van der Waals surface area contributed by atoms with Gasteiger partial charge in [-0.2, -0.15) is 0 Å². The number of anilines is 2. The fraction of sp³-hybridized carbons (Fsp3) is 0.421. The molecule has 0 aliphatic heterocycles. The molecule has 8 heteroatoms. The molecule has 7 nitrogen and oxygen atoms in total. The number of carbonyl (C=O) groups excluding carboxylic acids is 1. The van der Waals surface area contributed by atoms with Crippen molar-refractivity contribution in [2.75, 3.05) is 10.0 Å². The van der Waals surface area contributed by atoms with Crippen LogP contribution in [-0.4, -0.2) is 29.5 Å². The third kappa shape index (κ3) is 4.82. The minimum atomic E-state index is -3.44. The van der Waals surface area contributed by atoms with E-state index >= 15 is 0 Å². The Labute approximate surface area is 159 Å². The average molecular weight is 388 g/mol. The van der Waals surface area contributed by atoms with Crippen LogP contribution in [0.3, 0.4) is 0 Å². The summed E-state index contributed by atoms with van der Waals surface area (Å²) in [6, 6.07) is 5.29. The van der Waals surface area contributed by atoms with Crippen molar-refractivity contribution >= 4 is 27.4 Å². The molecule has 1 aliphatic rings. The van der Waals surface area contributed by atoms with E-state index in [0.29, 0.717) is 30.0 Å². The number of amides is 1. The molecular formula is C19H24N4O3S. The molecule has 2 N–H and O–H groups in total. The number of carbonyl (C=O) groups is 1. The minimum absolute atomic E-state index is 0.206. The van der Waals surface area contributed by atoms with Crippen molar-refractivity contribution in [1.29, 1.82) is 0 Å².